The third-order valence-electron chi connectivity index (χ3n) is 6.02. The molecule has 0 heterocycles. The molecule has 0 amide bonds. The fourth-order valence-corrected chi connectivity index (χ4v) is 4.09. The Bertz CT molecular complexity index is 529. The summed E-state index contributed by atoms with van der Waals surface area (Å²) in [4.78, 5) is 0. The van der Waals surface area contributed by atoms with E-state index in [1.165, 1.54) is 0 Å². The molecule has 1 aliphatic rings. The highest BCUT2D eigenvalue weighted by molar-refractivity contribution is 6.69. The van der Waals surface area contributed by atoms with Gasteiger partial charge in [-0.2, -0.15) is 0 Å². The number of halogens is 3. The minimum absolute atomic E-state index is 0.0690. The monoisotopic (exact) mass is 544 g/mol. The Morgan fingerprint density at radius 2 is 1.21 bits per heavy atom. The first-order chi connectivity index (χ1) is 16.3. The Labute approximate surface area is 223 Å². The Balaban J connectivity index is 3.19. The second kappa shape index (κ2) is 18.5. The van der Waals surface area contributed by atoms with E-state index in [1.54, 1.807) is 0 Å². The highest BCUT2D eigenvalue weighted by atomic mass is 35.6. The average Bonchev–Trinajstić information content (AvgIpc) is 2.79. The van der Waals surface area contributed by atoms with Gasteiger partial charge in [-0.25, -0.2) is 0 Å². The van der Waals surface area contributed by atoms with Crippen LogP contribution in [-0.4, -0.2) is 61.2 Å². The van der Waals surface area contributed by atoms with E-state index in [0.717, 1.165) is 58.0 Å². The lowest BCUT2D eigenvalue weighted by Gasteiger charge is -2.46. The van der Waals surface area contributed by atoms with Crippen molar-refractivity contribution in [2.75, 3.05) is 33.0 Å². The molecule has 0 aromatic heterocycles. The van der Waals surface area contributed by atoms with E-state index in [1.807, 2.05) is 0 Å². The van der Waals surface area contributed by atoms with Crippen LogP contribution in [0.5, 0.6) is 0 Å². The van der Waals surface area contributed by atoms with Gasteiger partial charge < -0.3 is 23.7 Å². The Morgan fingerprint density at radius 3 is 1.71 bits per heavy atom. The summed E-state index contributed by atoms with van der Waals surface area (Å²) in [5.41, 5.74) is 0. The van der Waals surface area contributed by atoms with Crippen LogP contribution in [0.25, 0.3) is 0 Å². The van der Waals surface area contributed by atoms with Gasteiger partial charge in [0.15, 0.2) is 0 Å². The second-order valence-electron chi connectivity index (χ2n) is 9.07. The van der Waals surface area contributed by atoms with Gasteiger partial charge in [-0.1, -0.05) is 94.8 Å². The molecule has 1 fully saturated rings. The molecule has 0 bridgehead atoms. The van der Waals surface area contributed by atoms with E-state index >= 15 is 0 Å². The predicted molar refractivity (Wildman–Crippen MR) is 142 cm³/mol. The zero-order chi connectivity index (χ0) is 25.4. The molecule has 5 nitrogen and oxygen atoms in total. The Morgan fingerprint density at radius 1 is 0.735 bits per heavy atom. The van der Waals surface area contributed by atoms with E-state index in [4.69, 9.17) is 58.5 Å². The fourth-order valence-electron chi connectivity index (χ4n) is 3.96. The molecule has 8 heteroatoms. The minimum Gasteiger partial charge on any atom is -0.488 e. The second-order valence-corrected chi connectivity index (χ2v) is 11.3. The number of allylic oxidation sites excluding steroid dienone is 1. The van der Waals surface area contributed by atoms with Crippen molar-refractivity contribution < 1.29 is 23.7 Å². The van der Waals surface area contributed by atoms with E-state index in [0.29, 0.717) is 32.8 Å². The third kappa shape index (κ3) is 12.0. The van der Waals surface area contributed by atoms with Crippen LogP contribution in [0.3, 0.4) is 0 Å². The largest absolute Gasteiger partial charge is 0.488 e. The molecule has 0 N–H and O–H groups in total. The van der Waals surface area contributed by atoms with Crippen LogP contribution in [0.1, 0.15) is 85.5 Å². The van der Waals surface area contributed by atoms with Crippen LogP contribution < -0.4 is 0 Å². The maximum atomic E-state index is 6.45. The Hall–Kier alpha value is 0.250. The van der Waals surface area contributed by atoms with Crippen molar-refractivity contribution in [2.45, 2.75) is 114 Å². The van der Waals surface area contributed by atoms with E-state index < -0.39 is 3.79 Å². The lowest BCUT2D eigenvalue weighted by Crippen LogP contribution is -2.58. The Kier molecular flexibility index (Phi) is 17.6. The van der Waals surface area contributed by atoms with Crippen molar-refractivity contribution in [3.8, 4) is 0 Å². The topological polar surface area (TPSA) is 46.2 Å². The number of unbranched alkanes of at least 4 members (excludes halogenated alkanes) is 4. The van der Waals surface area contributed by atoms with Crippen LogP contribution >= 0.6 is 34.8 Å². The number of rotatable bonds is 19. The van der Waals surface area contributed by atoms with Crippen molar-refractivity contribution in [3.63, 3.8) is 0 Å². The first-order valence-corrected chi connectivity index (χ1v) is 14.3. The van der Waals surface area contributed by atoms with Crippen LogP contribution in [0.4, 0.5) is 0 Å². The summed E-state index contributed by atoms with van der Waals surface area (Å²) in [6.07, 6.45) is 7.61. The predicted octanol–water partition coefficient (Wildman–Crippen LogP) is 7.65. The first kappa shape index (κ1) is 32.3. The summed E-state index contributed by atoms with van der Waals surface area (Å²) in [5.74, 6) is 0.162. The summed E-state index contributed by atoms with van der Waals surface area (Å²) in [7, 11) is 0. The highest BCUT2D eigenvalue weighted by Crippen LogP contribution is 2.40. The molecular weight excluding hydrogens is 499 g/mol. The molecule has 34 heavy (non-hydrogen) atoms. The van der Waals surface area contributed by atoms with Gasteiger partial charge in [0.2, 0.25) is 3.79 Å². The summed E-state index contributed by atoms with van der Waals surface area (Å²) in [6.45, 7) is 15.7. The number of hydrogen-bond donors (Lipinski definition) is 0. The molecule has 1 saturated carbocycles. The molecule has 1 rings (SSSR count). The van der Waals surface area contributed by atoms with Gasteiger partial charge in [0.05, 0.1) is 12.7 Å². The fraction of sp³-hybridized carbons (Fsp3) is 0.923. The SMILES string of the molecule is C=C(O[C@@H]1CC(COCCCC)[C@H](OCCCC)C(OCCCC)[C@@H]1OCCCC)C(Cl)(Cl)Cl. The average molecular weight is 546 g/mol. The number of hydrogen-bond acceptors (Lipinski definition) is 5. The smallest absolute Gasteiger partial charge is 0.246 e. The van der Waals surface area contributed by atoms with Crippen molar-refractivity contribution in [1.82, 2.24) is 0 Å². The molecule has 202 valence electrons. The quantitative estimate of drug-likeness (QED) is 0.0947. The zero-order valence-corrected chi connectivity index (χ0v) is 23.9. The van der Waals surface area contributed by atoms with Gasteiger partial charge in [-0.3, -0.25) is 0 Å². The van der Waals surface area contributed by atoms with E-state index in [-0.39, 0.29) is 36.1 Å². The lowest BCUT2D eigenvalue weighted by atomic mass is 9.80. The molecule has 0 saturated heterocycles. The molecule has 0 aromatic rings. The van der Waals surface area contributed by atoms with E-state index in [2.05, 4.69) is 34.3 Å². The van der Waals surface area contributed by atoms with Crippen molar-refractivity contribution in [3.05, 3.63) is 12.3 Å². The molecule has 0 radical (unpaired) electrons. The van der Waals surface area contributed by atoms with Gasteiger partial charge in [0.1, 0.15) is 24.1 Å². The van der Waals surface area contributed by atoms with Gasteiger partial charge in [-0.05, 0) is 32.1 Å². The van der Waals surface area contributed by atoms with Crippen LogP contribution in [-0.2, 0) is 23.7 Å². The van der Waals surface area contributed by atoms with Gasteiger partial charge in [0.25, 0.3) is 0 Å². The van der Waals surface area contributed by atoms with Gasteiger partial charge >= 0.3 is 0 Å². The molecule has 0 aromatic carbocycles. The summed E-state index contributed by atoms with van der Waals surface area (Å²) in [6, 6.07) is 0. The maximum Gasteiger partial charge on any atom is 0.246 e. The zero-order valence-electron chi connectivity index (χ0n) is 21.7. The van der Waals surface area contributed by atoms with Gasteiger partial charge in [-0.15, -0.1) is 0 Å². The normalized spacial score (nSPS) is 25.4. The van der Waals surface area contributed by atoms with Gasteiger partial charge in [0, 0.05) is 32.3 Å². The molecule has 2 unspecified atom stereocenters. The number of alkyl halides is 3. The van der Waals surface area contributed by atoms with Crippen LogP contribution in [0.15, 0.2) is 12.3 Å². The van der Waals surface area contributed by atoms with Crippen molar-refractivity contribution in [2.24, 2.45) is 5.92 Å². The van der Waals surface area contributed by atoms with Crippen LogP contribution in [0, 0.1) is 5.92 Å². The van der Waals surface area contributed by atoms with Crippen molar-refractivity contribution in [1.29, 1.82) is 0 Å². The molecule has 1 aliphatic carbocycles. The lowest BCUT2D eigenvalue weighted by molar-refractivity contribution is -0.219. The van der Waals surface area contributed by atoms with Crippen LogP contribution in [0.2, 0.25) is 0 Å². The standard InChI is InChI=1S/C26H47Cl3O5/c1-6-10-14-30-19-21-18-22(34-20(5)26(27,28)29)24(32-16-12-8-3)25(33-17-13-9-4)23(21)31-15-11-7-2/h21-25H,5-19H2,1-4H3/t21?,22-,23+,24-,25?/m1/s1. The summed E-state index contributed by atoms with van der Waals surface area (Å²) >= 11 is 18.2. The molecular formula is C26H47Cl3O5. The molecule has 5 atom stereocenters. The molecule has 0 aliphatic heterocycles. The maximum absolute atomic E-state index is 6.45. The minimum atomic E-state index is -1.71. The summed E-state index contributed by atoms with van der Waals surface area (Å²) < 4.78 is 29.8. The van der Waals surface area contributed by atoms with Crippen molar-refractivity contribution >= 4 is 34.8 Å². The molecule has 0 spiro atoms. The third-order valence-corrected chi connectivity index (χ3v) is 6.65. The summed E-state index contributed by atoms with van der Waals surface area (Å²) in [5, 5.41) is 0. The number of ether oxygens (including phenoxy) is 5. The van der Waals surface area contributed by atoms with E-state index in [9.17, 15) is 0 Å². The highest BCUT2D eigenvalue weighted by Gasteiger charge is 2.49. The first-order valence-electron chi connectivity index (χ1n) is 13.1.